The summed E-state index contributed by atoms with van der Waals surface area (Å²) in [6.45, 7) is 0.752. The molecular formula is C16H20BrClN2O. The first kappa shape index (κ1) is 15.3. The van der Waals surface area contributed by atoms with Crippen LogP contribution in [0.3, 0.4) is 0 Å². The highest BCUT2D eigenvalue weighted by Crippen LogP contribution is 2.37. The van der Waals surface area contributed by atoms with Gasteiger partial charge in [-0.25, -0.2) is 0 Å². The molecule has 2 unspecified atom stereocenters. The number of benzene rings is 1. The normalized spacial score (nSPS) is 28.6. The summed E-state index contributed by atoms with van der Waals surface area (Å²) in [6, 6.07) is 6.86. The Morgan fingerprint density at radius 2 is 2.05 bits per heavy atom. The fourth-order valence-electron chi connectivity index (χ4n) is 3.70. The van der Waals surface area contributed by atoms with E-state index in [-0.39, 0.29) is 5.91 Å². The first-order valence-corrected chi connectivity index (χ1v) is 8.67. The molecular weight excluding hydrogens is 352 g/mol. The Balaban J connectivity index is 1.58. The summed E-state index contributed by atoms with van der Waals surface area (Å²) in [4.78, 5) is 14.8. The zero-order chi connectivity index (χ0) is 15.0. The van der Waals surface area contributed by atoms with Gasteiger partial charge >= 0.3 is 0 Å². The molecule has 114 valence electrons. The summed E-state index contributed by atoms with van der Waals surface area (Å²) in [5.74, 6) is 0.515. The van der Waals surface area contributed by atoms with Gasteiger partial charge in [0.2, 0.25) is 0 Å². The smallest absolute Gasteiger partial charge is 0.252 e. The van der Waals surface area contributed by atoms with Crippen LogP contribution in [0.1, 0.15) is 36.0 Å². The van der Waals surface area contributed by atoms with E-state index in [0.717, 1.165) is 11.0 Å². The van der Waals surface area contributed by atoms with Crippen molar-refractivity contribution in [3.8, 4) is 0 Å². The molecule has 0 spiro atoms. The molecule has 2 fully saturated rings. The maximum absolute atomic E-state index is 12.3. The lowest BCUT2D eigenvalue weighted by Crippen LogP contribution is -2.43. The molecule has 0 aliphatic carbocycles. The van der Waals surface area contributed by atoms with E-state index in [1.807, 2.05) is 12.1 Å². The fourth-order valence-corrected chi connectivity index (χ4v) is 4.28. The molecule has 2 aliphatic heterocycles. The molecule has 5 heteroatoms. The van der Waals surface area contributed by atoms with Gasteiger partial charge in [-0.15, -0.1) is 0 Å². The lowest BCUT2D eigenvalue weighted by atomic mass is 9.91. The third-order valence-corrected chi connectivity index (χ3v) is 6.24. The Hall–Kier alpha value is -0.580. The van der Waals surface area contributed by atoms with Crippen LogP contribution in [0.25, 0.3) is 0 Å². The molecule has 2 saturated heterocycles. The molecule has 2 aliphatic rings. The maximum atomic E-state index is 12.3. The van der Waals surface area contributed by atoms with Crippen molar-refractivity contribution in [2.45, 2.75) is 37.8 Å². The molecule has 3 rings (SSSR count). The lowest BCUT2D eigenvalue weighted by Gasteiger charge is -2.36. The number of nitrogens with zero attached hydrogens (tertiary/aromatic N) is 1. The van der Waals surface area contributed by atoms with Crippen molar-refractivity contribution in [3.63, 3.8) is 0 Å². The Kier molecular flexibility index (Phi) is 4.57. The zero-order valence-electron chi connectivity index (χ0n) is 12.1. The number of rotatable bonds is 3. The van der Waals surface area contributed by atoms with Gasteiger partial charge in [0.25, 0.3) is 5.91 Å². The van der Waals surface area contributed by atoms with E-state index >= 15 is 0 Å². The van der Waals surface area contributed by atoms with Crippen molar-refractivity contribution >= 4 is 33.4 Å². The largest absolute Gasteiger partial charge is 0.352 e. The van der Waals surface area contributed by atoms with Crippen molar-refractivity contribution in [2.75, 3.05) is 13.6 Å². The minimum atomic E-state index is -0.0763. The Morgan fingerprint density at radius 1 is 1.38 bits per heavy atom. The third kappa shape index (κ3) is 3.13. The van der Waals surface area contributed by atoms with Gasteiger partial charge in [-0.05, 0) is 66.7 Å². The summed E-state index contributed by atoms with van der Waals surface area (Å²) >= 11 is 9.53. The summed E-state index contributed by atoms with van der Waals surface area (Å²) in [6.07, 6.45) is 5.01. The minimum Gasteiger partial charge on any atom is -0.352 e. The van der Waals surface area contributed by atoms with E-state index < -0.39 is 0 Å². The van der Waals surface area contributed by atoms with E-state index in [1.165, 1.54) is 25.7 Å². The number of amides is 1. The van der Waals surface area contributed by atoms with E-state index in [0.29, 0.717) is 28.6 Å². The molecule has 0 aromatic heterocycles. The van der Waals surface area contributed by atoms with Crippen LogP contribution in [0.2, 0.25) is 5.02 Å². The topological polar surface area (TPSA) is 32.3 Å². The number of piperidine rings is 1. The predicted octanol–water partition coefficient (Wildman–Crippen LogP) is 3.71. The average Bonchev–Trinajstić information content (AvgIpc) is 2.70. The molecule has 1 aromatic rings. The van der Waals surface area contributed by atoms with Crippen LogP contribution in [0.4, 0.5) is 0 Å². The van der Waals surface area contributed by atoms with E-state index in [1.54, 1.807) is 6.07 Å². The third-order valence-electron chi connectivity index (χ3n) is 4.94. The van der Waals surface area contributed by atoms with Crippen LogP contribution in [0, 0.1) is 5.92 Å². The summed E-state index contributed by atoms with van der Waals surface area (Å²) < 4.78 is 0.758. The second kappa shape index (κ2) is 6.27. The van der Waals surface area contributed by atoms with Crippen molar-refractivity contribution in [2.24, 2.45) is 5.92 Å². The molecule has 1 aromatic carbocycles. The predicted molar refractivity (Wildman–Crippen MR) is 88.8 cm³/mol. The molecule has 0 radical (unpaired) electrons. The minimum absolute atomic E-state index is 0.0763. The standard InChI is InChI=1S/C16H20BrClN2O/c1-20-11-5-6-12(20)8-10(7-11)9-19-16(21)13-3-2-4-14(17)15(13)18/h2-4,10-12H,5-9H2,1H3,(H,19,21). The van der Waals surface area contributed by atoms with E-state index in [9.17, 15) is 4.79 Å². The van der Waals surface area contributed by atoms with Gasteiger partial charge < -0.3 is 10.2 Å². The first-order chi connectivity index (χ1) is 10.1. The van der Waals surface area contributed by atoms with Crippen molar-refractivity contribution in [1.82, 2.24) is 10.2 Å². The highest BCUT2D eigenvalue weighted by atomic mass is 79.9. The Labute approximate surface area is 139 Å². The average molecular weight is 372 g/mol. The van der Waals surface area contributed by atoms with Crippen LogP contribution < -0.4 is 5.32 Å². The highest BCUT2D eigenvalue weighted by Gasteiger charge is 2.38. The van der Waals surface area contributed by atoms with Crippen LogP contribution >= 0.6 is 27.5 Å². The second-order valence-corrected chi connectivity index (χ2v) is 7.43. The van der Waals surface area contributed by atoms with Gasteiger partial charge in [-0.2, -0.15) is 0 Å². The molecule has 2 heterocycles. The van der Waals surface area contributed by atoms with E-state index in [4.69, 9.17) is 11.6 Å². The van der Waals surface area contributed by atoms with Crippen molar-refractivity contribution < 1.29 is 4.79 Å². The fraction of sp³-hybridized carbons (Fsp3) is 0.562. The second-order valence-electron chi connectivity index (χ2n) is 6.20. The van der Waals surface area contributed by atoms with Crippen LogP contribution in [-0.4, -0.2) is 36.5 Å². The molecule has 21 heavy (non-hydrogen) atoms. The van der Waals surface area contributed by atoms with Gasteiger partial charge in [0.1, 0.15) is 0 Å². The number of halogens is 2. The van der Waals surface area contributed by atoms with Crippen molar-refractivity contribution in [1.29, 1.82) is 0 Å². The van der Waals surface area contributed by atoms with Gasteiger partial charge in [-0.3, -0.25) is 4.79 Å². The number of fused-ring (bicyclic) bond motifs is 2. The number of hydrogen-bond acceptors (Lipinski definition) is 2. The quantitative estimate of drug-likeness (QED) is 0.878. The maximum Gasteiger partial charge on any atom is 0.252 e. The molecule has 2 atom stereocenters. The summed E-state index contributed by atoms with van der Waals surface area (Å²) in [7, 11) is 2.23. The van der Waals surface area contributed by atoms with Gasteiger partial charge in [0.05, 0.1) is 10.6 Å². The van der Waals surface area contributed by atoms with Crippen LogP contribution in [0.15, 0.2) is 22.7 Å². The van der Waals surface area contributed by atoms with Crippen molar-refractivity contribution in [3.05, 3.63) is 33.3 Å². The lowest BCUT2D eigenvalue weighted by molar-refractivity contribution is 0.0917. The van der Waals surface area contributed by atoms with Gasteiger partial charge in [-0.1, -0.05) is 17.7 Å². The van der Waals surface area contributed by atoms with Gasteiger partial charge in [0.15, 0.2) is 0 Å². The summed E-state index contributed by atoms with van der Waals surface area (Å²) in [5.41, 5.74) is 0.543. The Bertz CT molecular complexity index is 537. The number of nitrogens with one attached hydrogen (secondary N) is 1. The SMILES string of the molecule is CN1C2CCC1CC(CNC(=O)c1cccc(Br)c1Cl)C2. The number of hydrogen-bond donors (Lipinski definition) is 1. The van der Waals surface area contributed by atoms with Crippen LogP contribution in [0.5, 0.6) is 0 Å². The zero-order valence-corrected chi connectivity index (χ0v) is 14.5. The van der Waals surface area contributed by atoms with Crippen LogP contribution in [-0.2, 0) is 0 Å². The molecule has 1 amide bonds. The number of carbonyl (C=O) groups excluding carboxylic acids is 1. The molecule has 0 saturated carbocycles. The van der Waals surface area contributed by atoms with E-state index in [2.05, 4.69) is 33.2 Å². The molecule has 2 bridgehead atoms. The van der Waals surface area contributed by atoms with Gasteiger partial charge in [0, 0.05) is 23.1 Å². The molecule has 1 N–H and O–H groups in total. The molecule has 3 nitrogen and oxygen atoms in total. The highest BCUT2D eigenvalue weighted by molar-refractivity contribution is 9.10. The monoisotopic (exact) mass is 370 g/mol. The summed E-state index contributed by atoms with van der Waals surface area (Å²) in [5, 5.41) is 3.54. The first-order valence-electron chi connectivity index (χ1n) is 7.50. The Morgan fingerprint density at radius 3 is 2.71 bits per heavy atom. The number of carbonyl (C=O) groups is 1.